The third-order valence-corrected chi connectivity index (χ3v) is 3.65. The molecule has 2 aromatic carbocycles. The number of methoxy groups -OCH3 is 1. The van der Waals surface area contributed by atoms with Crippen LogP contribution >= 0.6 is 11.6 Å². The standard InChI is InChI=1S/C16H14ClFN2O/c1-21-14-4-2-3-13-16(14)19-15(9-17)20(13)10-11-5-7-12(18)8-6-11/h2-8H,9-10H2,1H3. The number of halogens is 2. The molecular weight excluding hydrogens is 291 g/mol. The van der Waals surface area contributed by atoms with Gasteiger partial charge in [0.1, 0.15) is 22.9 Å². The molecule has 1 aromatic heterocycles. The third-order valence-electron chi connectivity index (χ3n) is 3.41. The number of hydrogen-bond donors (Lipinski definition) is 0. The quantitative estimate of drug-likeness (QED) is 0.682. The Morgan fingerprint density at radius 2 is 1.95 bits per heavy atom. The Labute approximate surface area is 126 Å². The fourth-order valence-corrected chi connectivity index (χ4v) is 2.59. The number of aromatic nitrogens is 2. The molecule has 3 rings (SSSR count). The first kappa shape index (κ1) is 13.9. The minimum absolute atomic E-state index is 0.242. The molecule has 3 nitrogen and oxygen atoms in total. The van der Waals surface area contributed by atoms with Gasteiger partial charge in [-0.3, -0.25) is 0 Å². The summed E-state index contributed by atoms with van der Waals surface area (Å²) >= 11 is 6.01. The Morgan fingerprint density at radius 1 is 1.19 bits per heavy atom. The van der Waals surface area contributed by atoms with Crippen molar-refractivity contribution in [3.05, 3.63) is 59.7 Å². The number of imidazole rings is 1. The maximum atomic E-state index is 13.0. The molecule has 0 spiro atoms. The lowest BCUT2D eigenvalue weighted by Crippen LogP contribution is -2.03. The minimum atomic E-state index is -0.242. The lowest BCUT2D eigenvalue weighted by molar-refractivity contribution is 0.419. The number of nitrogens with zero attached hydrogens (tertiary/aromatic N) is 2. The SMILES string of the molecule is COc1cccc2c1nc(CCl)n2Cc1ccc(F)cc1. The van der Waals surface area contributed by atoms with Crippen LogP contribution in [0.15, 0.2) is 42.5 Å². The van der Waals surface area contributed by atoms with Gasteiger partial charge in [0.25, 0.3) is 0 Å². The van der Waals surface area contributed by atoms with Crippen LogP contribution in [0.1, 0.15) is 11.4 Å². The van der Waals surface area contributed by atoms with Gasteiger partial charge in [0.05, 0.1) is 18.5 Å². The number of ether oxygens (including phenoxy) is 1. The van der Waals surface area contributed by atoms with Gasteiger partial charge in [0.2, 0.25) is 0 Å². The first-order valence-electron chi connectivity index (χ1n) is 6.55. The number of rotatable bonds is 4. The summed E-state index contributed by atoms with van der Waals surface area (Å²) in [6, 6.07) is 12.2. The van der Waals surface area contributed by atoms with E-state index in [1.807, 2.05) is 22.8 Å². The van der Waals surface area contributed by atoms with E-state index in [0.717, 1.165) is 28.2 Å². The molecule has 0 aliphatic rings. The fraction of sp³-hybridized carbons (Fsp3) is 0.188. The second kappa shape index (κ2) is 5.74. The molecule has 0 aliphatic carbocycles. The van der Waals surface area contributed by atoms with Crippen molar-refractivity contribution < 1.29 is 9.13 Å². The van der Waals surface area contributed by atoms with E-state index >= 15 is 0 Å². The van der Waals surface area contributed by atoms with Crippen LogP contribution in [0.2, 0.25) is 0 Å². The van der Waals surface area contributed by atoms with Crippen LogP contribution in [0.25, 0.3) is 11.0 Å². The highest BCUT2D eigenvalue weighted by atomic mass is 35.5. The Bertz CT molecular complexity index is 768. The summed E-state index contributed by atoms with van der Waals surface area (Å²) in [6.45, 7) is 0.589. The van der Waals surface area contributed by atoms with Crippen LogP contribution in [0.4, 0.5) is 4.39 Å². The van der Waals surface area contributed by atoms with Crippen molar-refractivity contribution in [2.45, 2.75) is 12.4 Å². The van der Waals surface area contributed by atoms with Gasteiger partial charge < -0.3 is 9.30 Å². The summed E-state index contributed by atoms with van der Waals surface area (Å²) in [4.78, 5) is 4.55. The molecule has 108 valence electrons. The van der Waals surface area contributed by atoms with Crippen molar-refractivity contribution in [3.8, 4) is 5.75 Å². The lowest BCUT2D eigenvalue weighted by atomic mass is 10.2. The van der Waals surface area contributed by atoms with Gasteiger partial charge in [-0.05, 0) is 29.8 Å². The summed E-state index contributed by atoms with van der Waals surface area (Å²) in [7, 11) is 1.62. The molecular formula is C16H14ClFN2O. The highest BCUT2D eigenvalue weighted by Gasteiger charge is 2.13. The molecule has 0 unspecified atom stereocenters. The average Bonchev–Trinajstić information content (AvgIpc) is 2.87. The highest BCUT2D eigenvalue weighted by molar-refractivity contribution is 6.16. The largest absolute Gasteiger partial charge is 0.494 e. The Kier molecular flexibility index (Phi) is 3.80. The lowest BCUT2D eigenvalue weighted by Gasteiger charge is -2.08. The summed E-state index contributed by atoms with van der Waals surface area (Å²) < 4.78 is 20.4. The fourth-order valence-electron chi connectivity index (χ4n) is 2.38. The molecule has 0 N–H and O–H groups in total. The van der Waals surface area contributed by atoms with Crippen molar-refractivity contribution in [2.24, 2.45) is 0 Å². The summed E-state index contributed by atoms with van der Waals surface area (Å²) in [5, 5.41) is 0. The van der Waals surface area contributed by atoms with Gasteiger partial charge in [-0.2, -0.15) is 0 Å². The highest BCUT2D eigenvalue weighted by Crippen LogP contribution is 2.27. The van der Waals surface area contributed by atoms with E-state index in [2.05, 4.69) is 4.98 Å². The van der Waals surface area contributed by atoms with Crippen LogP contribution in [-0.2, 0) is 12.4 Å². The van der Waals surface area contributed by atoms with Gasteiger partial charge >= 0.3 is 0 Å². The van der Waals surface area contributed by atoms with E-state index in [4.69, 9.17) is 16.3 Å². The predicted octanol–water partition coefficient (Wildman–Crippen LogP) is 3.97. The van der Waals surface area contributed by atoms with Crippen molar-refractivity contribution in [3.63, 3.8) is 0 Å². The smallest absolute Gasteiger partial charge is 0.146 e. The number of hydrogen-bond acceptors (Lipinski definition) is 2. The minimum Gasteiger partial charge on any atom is -0.494 e. The van der Waals surface area contributed by atoms with Crippen LogP contribution in [-0.4, -0.2) is 16.7 Å². The van der Waals surface area contributed by atoms with Crippen molar-refractivity contribution in [1.29, 1.82) is 0 Å². The second-order valence-corrected chi connectivity index (χ2v) is 4.97. The molecule has 0 radical (unpaired) electrons. The molecule has 0 amide bonds. The van der Waals surface area contributed by atoms with Gasteiger partial charge in [-0.15, -0.1) is 11.6 Å². The third kappa shape index (κ3) is 2.59. The number of alkyl halides is 1. The van der Waals surface area contributed by atoms with E-state index in [1.54, 1.807) is 19.2 Å². The summed E-state index contributed by atoms with van der Waals surface area (Å²) in [5.41, 5.74) is 2.73. The molecule has 0 aliphatic heterocycles. The summed E-state index contributed by atoms with van der Waals surface area (Å²) in [5.74, 6) is 1.55. The van der Waals surface area contributed by atoms with E-state index in [9.17, 15) is 4.39 Å². The molecule has 0 bridgehead atoms. The molecule has 1 heterocycles. The van der Waals surface area contributed by atoms with E-state index in [1.165, 1.54) is 12.1 Å². The van der Waals surface area contributed by atoms with E-state index in [-0.39, 0.29) is 5.82 Å². The number of benzene rings is 2. The van der Waals surface area contributed by atoms with Crippen LogP contribution in [0, 0.1) is 5.82 Å². The Hall–Kier alpha value is -2.07. The van der Waals surface area contributed by atoms with E-state index in [0.29, 0.717) is 12.4 Å². The van der Waals surface area contributed by atoms with Gasteiger partial charge in [-0.25, -0.2) is 9.37 Å². The molecule has 0 atom stereocenters. The average molecular weight is 305 g/mol. The maximum absolute atomic E-state index is 13.0. The topological polar surface area (TPSA) is 27.1 Å². The zero-order valence-corrected chi connectivity index (χ0v) is 12.3. The Balaban J connectivity index is 2.10. The molecule has 0 fully saturated rings. The van der Waals surface area contributed by atoms with Gasteiger partial charge in [-0.1, -0.05) is 18.2 Å². The number of fused-ring (bicyclic) bond motifs is 1. The first-order chi connectivity index (χ1) is 10.2. The second-order valence-electron chi connectivity index (χ2n) is 4.70. The normalized spacial score (nSPS) is 11.0. The Morgan fingerprint density at radius 3 is 2.62 bits per heavy atom. The molecule has 0 saturated carbocycles. The summed E-state index contributed by atoms with van der Waals surface area (Å²) in [6.07, 6.45) is 0. The first-order valence-corrected chi connectivity index (χ1v) is 7.09. The predicted molar refractivity (Wildman–Crippen MR) is 81.3 cm³/mol. The van der Waals surface area contributed by atoms with Crippen molar-refractivity contribution in [1.82, 2.24) is 9.55 Å². The van der Waals surface area contributed by atoms with Gasteiger partial charge in [0.15, 0.2) is 0 Å². The molecule has 21 heavy (non-hydrogen) atoms. The van der Waals surface area contributed by atoms with Crippen molar-refractivity contribution >= 4 is 22.6 Å². The zero-order valence-electron chi connectivity index (χ0n) is 11.5. The van der Waals surface area contributed by atoms with Crippen LogP contribution < -0.4 is 4.74 Å². The molecule has 5 heteroatoms. The van der Waals surface area contributed by atoms with Gasteiger partial charge in [0, 0.05) is 6.54 Å². The van der Waals surface area contributed by atoms with Crippen LogP contribution in [0.3, 0.4) is 0 Å². The van der Waals surface area contributed by atoms with E-state index < -0.39 is 0 Å². The van der Waals surface area contributed by atoms with Crippen LogP contribution in [0.5, 0.6) is 5.75 Å². The monoisotopic (exact) mass is 304 g/mol. The molecule has 3 aromatic rings. The van der Waals surface area contributed by atoms with Crippen molar-refractivity contribution in [2.75, 3.05) is 7.11 Å². The molecule has 0 saturated heterocycles. The number of para-hydroxylation sites is 1. The zero-order chi connectivity index (χ0) is 14.8. The maximum Gasteiger partial charge on any atom is 0.146 e.